The van der Waals surface area contributed by atoms with Crippen molar-refractivity contribution in [3.05, 3.63) is 35.4 Å². The quantitative estimate of drug-likeness (QED) is 0.774. The highest BCUT2D eigenvalue weighted by Crippen LogP contribution is 2.26. The maximum Gasteiger partial charge on any atom is 0.314 e. The molecule has 21 heavy (non-hydrogen) atoms. The lowest BCUT2D eigenvalue weighted by Gasteiger charge is -2.21. The third-order valence-electron chi connectivity index (χ3n) is 3.28. The zero-order valence-corrected chi connectivity index (χ0v) is 12.3. The van der Waals surface area contributed by atoms with Gasteiger partial charge in [-0.15, -0.1) is 0 Å². The largest absolute Gasteiger partial charge is 0.387 e. The molecule has 0 spiro atoms. The molecule has 7 heteroatoms. The molecular weight excluding hydrogens is 298 g/mol. The molecule has 0 bridgehead atoms. The van der Waals surface area contributed by atoms with Crippen molar-refractivity contribution in [1.82, 2.24) is 10.6 Å². The number of hydrogen-bond donors (Lipinski definition) is 3. The standard InChI is InChI=1S/C14H18F2N2O2S/c15-11-5-10(6-12(16)7-11)1-3-17-13(19)18-8-14(20)2-4-21-9-14/h5-7,20H,1-4,8-9H2,(H2,17,18,19). The van der Waals surface area contributed by atoms with Crippen molar-refractivity contribution in [1.29, 1.82) is 0 Å². The fourth-order valence-electron chi connectivity index (χ4n) is 2.12. The molecule has 2 amide bonds. The van der Waals surface area contributed by atoms with E-state index in [1.807, 2.05) is 0 Å². The van der Waals surface area contributed by atoms with Crippen LogP contribution in [0.5, 0.6) is 0 Å². The Morgan fingerprint density at radius 3 is 2.62 bits per heavy atom. The minimum absolute atomic E-state index is 0.209. The van der Waals surface area contributed by atoms with Crippen LogP contribution < -0.4 is 10.6 Å². The molecule has 1 aliphatic rings. The second kappa shape index (κ2) is 7.09. The third-order valence-corrected chi connectivity index (χ3v) is 4.52. The van der Waals surface area contributed by atoms with Gasteiger partial charge in [-0.3, -0.25) is 0 Å². The van der Waals surface area contributed by atoms with E-state index in [-0.39, 0.29) is 13.1 Å². The number of rotatable bonds is 5. The molecule has 0 aliphatic carbocycles. The van der Waals surface area contributed by atoms with Gasteiger partial charge in [-0.2, -0.15) is 11.8 Å². The van der Waals surface area contributed by atoms with E-state index in [0.29, 0.717) is 24.2 Å². The molecule has 116 valence electrons. The lowest BCUT2D eigenvalue weighted by molar-refractivity contribution is 0.0700. The smallest absolute Gasteiger partial charge is 0.314 e. The second-order valence-electron chi connectivity index (χ2n) is 5.16. The minimum atomic E-state index is -0.826. The first-order chi connectivity index (χ1) is 9.97. The van der Waals surface area contributed by atoms with Gasteiger partial charge in [0.25, 0.3) is 0 Å². The Morgan fingerprint density at radius 1 is 1.29 bits per heavy atom. The van der Waals surface area contributed by atoms with Crippen LogP contribution >= 0.6 is 11.8 Å². The Kier molecular flexibility index (Phi) is 5.41. The molecular formula is C14H18F2N2O2S. The zero-order chi connectivity index (χ0) is 15.3. The molecule has 1 fully saturated rings. The highest BCUT2D eigenvalue weighted by atomic mass is 32.2. The first-order valence-electron chi connectivity index (χ1n) is 6.74. The van der Waals surface area contributed by atoms with Crippen LogP contribution in [0, 0.1) is 11.6 Å². The van der Waals surface area contributed by atoms with Gasteiger partial charge in [0.1, 0.15) is 11.6 Å². The molecule has 1 aliphatic heterocycles. The molecule has 1 aromatic carbocycles. The summed E-state index contributed by atoms with van der Waals surface area (Å²) < 4.78 is 26.0. The fraction of sp³-hybridized carbons (Fsp3) is 0.500. The van der Waals surface area contributed by atoms with Crippen molar-refractivity contribution >= 4 is 17.8 Å². The maximum absolute atomic E-state index is 13.0. The third kappa shape index (κ3) is 5.17. The molecule has 1 heterocycles. The summed E-state index contributed by atoms with van der Waals surface area (Å²) in [7, 11) is 0. The summed E-state index contributed by atoms with van der Waals surface area (Å²) in [6.45, 7) is 0.475. The van der Waals surface area contributed by atoms with Gasteiger partial charge < -0.3 is 15.7 Å². The average Bonchev–Trinajstić information content (AvgIpc) is 2.83. The first kappa shape index (κ1) is 16.0. The van der Waals surface area contributed by atoms with Gasteiger partial charge in [0.15, 0.2) is 0 Å². The van der Waals surface area contributed by atoms with E-state index in [4.69, 9.17) is 0 Å². The molecule has 0 aromatic heterocycles. The number of benzene rings is 1. The molecule has 0 saturated carbocycles. The van der Waals surface area contributed by atoms with Gasteiger partial charge in [-0.05, 0) is 36.3 Å². The van der Waals surface area contributed by atoms with E-state index < -0.39 is 23.3 Å². The number of hydrogen-bond acceptors (Lipinski definition) is 3. The van der Waals surface area contributed by atoms with Crippen molar-refractivity contribution < 1.29 is 18.7 Å². The van der Waals surface area contributed by atoms with Crippen molar-refractivity contribution in [3.8, 4) is 0 Å². The Labute approximate surface area is 126 Å². The summed E-state index contributed by atoms with van der Waals surface area (Å²) >= 11 is 1.66. The number of aliphatic hydroxyl groups is 1. The van der Waals surface area contributed by atoms with E-state index in [2.05, 4.69) is 10.6 Å². The molecule has 1 saturated heterocycles. The van der Waals surface area contributed by atoms with Gasteiger partial charge in [0.2, 0.25) is 0 Å². The molecule has 1 aromatic rings. The van der Waals surface area contributed by atoms with Crippen LogP contribution in [-0.2, 0) is 6.42 Å². The summed E-state index contributed by atoms with van der Waals surface area (Å²) in [4.78, 5) is 11.6. The SMILES string of the molecule is O=C(NCCc1cc(F)cc(F)c1)NCC1(O)CCSC1. The van der Waals surface area contributed by atoms with E-state index >= 15 is 0 Å². The number of carbonyl (C=O) groups excluding carboxylic acids is 1. The second-order valence-corrected chi connectivity index (χ2v) is 6.27. The summed E-state index contributed by atoms with van der Waals surface area (Å²) in [5.41, 5.74) is -0.341. The number of halogens is 2. The van der Waals surface area contributed by atoms with Gasteiger partial charge in [-0.1, -0.05) is 0 Å². The van der Waals surface area contributed by atoms with E-state index in [1.54, 1.807) is 11.8 Å². The number of nitrogens with one attached hydrogen (secondary N) is 2. The Hall–Kier alpha value is -1.34. The summed E-state index contributed by atoms with van der Waals surface area (Å²) in [6, 6.07) is 2.89. The van der Waals surface area contributed by atoms with Crippen molar-refractivity contribution in [2.24, 2.45) is 0 Å². The number of amides is 2. The topological polar surface area (TPSA) is 61.4 Å². The van der Waals surface area contributed by atoms with Crippen LogP contribution in [-0.4, -0.2) is 41.3 Å². The fourth-order valence-corrected chi connectivity index (χ4v) is 3.41. The zero-order valence-electron chi connectivity index (χ0n) is 11.5. The monoisotopic (exact) mass is 316 g/mol. The van der Waals surface area contributed by atoms with E-state index in [0.717, 1.165) is 11.8 Å². The number of thioether (sulfide) groups is 1. The van der Waals surface area contributed by atoms with Crippen LogP contribution in [0.25, 0.3) is 0 Å². The Morgan fingerprint density at radius 2 is 2.00 bits per heavy atom. The van der Waals surface area contributed by atoms with Crippen molar-refractivity contribution in [2.45, 2.75) is 18.4 Å². The predicted molar refractivity (Wildman–Crippen MR) is 78.4 cm³/mol. The molecule has 2 rings (SSSR count). The Balaban J connectivity index is 1.69. The minimum Gasteiger partial charge on any atom is -0.387 e. The highest BCUT2D eigenvalue weighted by Gasteiger charge is 2.31. The lowest BCUT2D eigenvalue weighted by Crippen LogP contribution is -2.46. The van der Waals surface area contributed by atoms with Crippen LogP contribution in [0.2, 0.25) is 0 Å². The Bertz CT molecular complexity index is 487. The molecule has 3 N–H and O–H groups in total. The molecule has 4 nitrogen and oxygen atoms in total. The van der Waals surface area contributed by atoms with Crippen molar-refractivity contribution in [3.63, 3.8) is 0 Å². The van der Waals surface area contributed by atoms with Gasteiger partial charge in [0.05, 0.1) is 5.60 Å². The van der Waals surface area contributed by atoms with Gasteiger partial charge in [0, 0.05) is 24.9 Å². The summed E-state index contributed by atoms with van der Waals surface area (Å²) in [6.07, 6.45) is 1.00. The predicted octanol–water partition coefficient (Wildman–Crippen LogP) is 1.67. The average molecular weight is 316 g/mol. The molecule has 1 atom stereocenters. The lowest BCUT2D eigenvalue weighted by atomic mass is 10.0. The first-order valence-corrected chi connectivity index (χ1v) is 7.89. The summed E-state index contributed by atoms with van der Waals surface area (Å²) in [5, 5.41) is 15.3. The summed E-state index contributed by atoms with van der Waals surface area (Å²) in [5.74, 6) is 0.256. The molecule has 1 unspecified atom stereocenters. The number of carbonyl (C=O) groups is 1. The molecule has 0 radical (unpaired) electrons. The van der Waals surface area contributed by atoms with E-state index in [9.17, 15) is 18.7 Å². The van der Waals surface area contributed by atoms with E-state index in [1.165, 1.54) is 12.1 Å². The number of urea groups is 1. The normalized spacial score (nSPS) is 21.3. The maximum atomic E-state index is 13.0. The van der Waals surface area contributed by atoms with Crippen LogP contribution in [0.1, 0.15) is 12.0 Å². The van der Waals surface area contributed by atoms with Gasteiger partial charge in [-0.25, -0.2) is 13.6 Å². The van der Waals surface area contributed by atoms with Crippen LogP contribution in [0.15, 0.2) is 18.2 Å². The van der Waals surface area contributed by atoms with Crippen LogP contribution in [0.3, 0.4) is 0 Å². The highest BCUT2D eigenvalue weighted by molar-refractivity contribution is 7.99. The van der Waals surface area contributed by atoms with Crippen LogP contribution in [0.4, 0.5) is 13.6 Å². The van der Waals surface area contributed by atoms with Gasteiger partial charge >= 0.3 is 6.03 Å². The van der Waals surface area contributed by atoms with Crippen molar-refractivity contribution in [2.75, 3.05) is 24.6 Å².